The molecule has 2 heterocycles. The van der Waals surface area contributed by atoms with Crippen molar-refractivity contribution in [3.05, 3.63) is 64.8 Å². The van der Waals surface area contributed by atoms with E-state index in [0.717, 1.165) is 41.9 Å². The Hall–Kier alpha value is -2.64. The molecule has 26 heavy (non-hydrogen) atoms. The summed E-state index contributed by atoms with van der Waals surface area (Å²) in [5.41, 5.74) is 1.87. The van der Waals surface area contributed by atoms with Crippen LogP contribution in [-0.2, 0) is 11.3 Å². The number of carbonyl (C=O) groups excluding carboxylic acids is 2. The Morgan fingerprint density at radius 1 is 1.19 bits per heavy atom. The number of imide groups is 1. The summed E-state index contributed by atoms with van der Waals surface area (Å²) in [4.78, 5) is 29.6. The molecule has 7 heteroatoms. The summed E-state index contributed by atoms with van der Waals surface area (Å²) >= 11 is 0.910. The van der Waals surface area contributed by atoms with Crippen molar-refractivity contribution in [2.75, 3.05) is 20.2 Å². The van der Waals surface area contributed by atoms with Gasteiger partial charge < -0.3 is 4.74 Å². The third-order valence-electron chi connectivity index (χ3n) is 3.72. The van der Waals surface area contributed by atoms with Gasteiger partial charge in [0, 0.05) is 19.3 Å². The zero-order valence-electron chi connectivity index (χ0n) is 14.3. The van der Waals surface area contributed by atoms with Crippen LogP contribution in [0, 0.1) is 0 Å². The van der Waals surface area contributed by atoms with Crippen LogP contribution >= 0.6 is 11.8 Å². The van der Waals surface area contributed by atoms with Gasteiger partial charge in [0.05, 0.1) is 10.6 Å². The number of hydrogen-bond acceptors (Lipinski definition) is 6. The zero-order chi connectivity index (χ0) is 18.4. The molecule has 3 rings (SSSR count). The zero-order valence-corrected chi connectivity index (χ0v) is 15.2. The number of hydrogen-bond donors (Lipinski definition) is 1. The molecule has 0 spiro atoms. The third-order valence-corrected chi connectivity index (χ3v) is 4.53. The van der Waals surface area contributed by atoms with Crippen molar-refractivity contribution in [1.29, 1.82) is 0 Å². The summed E-state index contributed by atoms with van der Waals surface area (Å²) in [7, 11) is 2.03. The van der Waals surface area contributed by atoms with Crippen LogP contribution in [0.15, 0.2) is 53.6 Å². The van der Waals surface area contributed by atoms with Crippen LogP contribution in [0.5, 0.6) is 5.75 Å². The number of likely N-dealkylation sites (N-methyl/N-ethyl adjacent to an activating group) is 1. The molecule has 134 valence electrons. The largest absolute Gasteiger partial charge is 0.492 e. The van der Waals surface area contributed by atoms with Gasteiger partial charge in [-0.25, -0.2) is 0 Å². The lowest BCUT2D eigenvalue weighted by atomic mass is 10.2. The molecule has 6 nitrogen and oxygen atoms in total. The molecule has 0 radical (unpaired) electrons. The number of benzene rings is 1. The molecule has 1 N–H and O–H groups in total. The first-order chi connectivity index (χ1) is 12.6. The summed E-state index contributed by atoms with van der Waals surface area (Å²) in [6.45, 7) is 2.12. The second-order valence-electron chi connectivity index (χ2n) is 5.83. The highest BCUT2D eigenvalue weighted by Crippen LogP contribution is 2.26. The Balaban J connectivity index is 1.46. The quantitative estimate of drug-likeness (QED) is 0.757. The average Bonchev–Trinajstić information content (AvgIpc) is 2.94. The Kier molecular flexibility index (Phi) is 6.04. The fraction of sp³-hybridized carbons (Fsp3) is 0.211. The molecule has 1 aromatic carbocycles. The minimum Gasteiger partial charge on any atom is -0.492 e. The van der Waals surface area contributed by atoms with Crippen LogP contribution < -0.4 is 10.1 Å². The molecule has 1 aliphatic rings. The number of ether oxygens (including phenoxy) is 1. The smallest absolute Gasteiger partial charge is 0.290 e. The van der Waals surface area contributed by atoms with Gasteiger partial charge in [-0.05, 0) is 54.7 Å². The van der Waals surface area contributed by atoms with Crippen LogP contribution in [0.2, 0.25) is 0 Å². The molecular weight excluding hydrogens is 350 g/mol. The summed E-state index contributed by atoms with van der Waals surface area (Å²) in [5.74, 6) is 0.411. The van der Waals surface area contributed by atoms with Crippen molar-refractivity contribution in [3.8, 4) is 5.75 Å². The molecule has 1 fully saturated rings. The molecule has 0 unspecified atom stereocenters. The molecule has 1 aromatic heterocycles. The highest BCUT2D eigenvalue weighted by Gasteiger charge is 2.24. The second kappa shape index (κ2) is 8.64. The highest BCUT2D eigenvalue weighted by molar-refractivity contribution is 8.18. The Bertz CT molecular complexity index is 807. The van der Waals surface area contributed by atoms with E-state index in [4.69, 9.17) is 4.74 Å². The first-order valence-electron chi connectivity index (χ1n) is 8.16. The van der Waals surface area contributed by atoms with Gasteiger partial charge in [-0.2, -0.15) is 0 Å². The number of pyridine rings is 1. The van der Waals surface area contributed by atoms with Gasteiger partial charge in [0.2, 0.25) is 0 Å². The van der Waals surface area contributed by atoms with Crippen LogP contribution in [0.3, 0.4) is 0 Å². The summed E-state index contributed by atoms with van der Waals surface area (Å²) < 4.78 is 5.76. The second-order valence-corrected chi connectivity index (χ2v) is 6.84. The van der Waals surface area contributed by atoms with Crippen molar-refractivity contribution in [2.24, 2.45) is 0 Å². The topological polar surface area (TPSA) is 71.5 Å². The molecule has 2 aromatic rings. The molecule has 0 aliphatic carbocycles. The predicted octanol–water partition coefficient (Wildman–Crippen LogP) is 2.92. The summed E-state index contributed by atoms with van der Waals surface area (Å²) in [6, 6.07) is 13.3. The third kappa shape index (κ3) is 5.18. The first-order valence-corrected chi connectivity index (χ1v) is 8.98. The van der Waals surface area contributed by atoms with Gasteiger partial charge in [0.15, 0.2) is 0 Å². The average molecular weight is 369 g/mol. The van der Waals surface area contributed by atoms with Gasteiger partial charge in [-0.3, -0.25) is 24.8 Å². The van der Waals surface area contributed by atoms with Gasteiger partial charge in [-0.1, -0.05) is 18.2 Å². The first kappa shape index (κ1) is 18.2. The number of amides is 2. The van der Waals surface area contributed by atoms with Crippen molar-refractivity contribution < 1.29 is 14.3 Å². The maximum Gasteiger partial charge on any atom is 0.290 e. The predicted molar refractivity (Wildman–Crippen MR) is 102 cm³/mol. The molecule has 0 bridgehead atoms. The molecule has 0 atom stereocenters. The maximum absolute atomic E-state index is 11.5. The Labute approximate surface area is 156 Å². The number of carbonyl (C=O) groups is 2. The van der Waals surface area contributed by atoms with Gasteiger partial charge in [0.1, 0.15) is 12.4 Å². The number of nitrogens with one attached hydrogen (secondary N) is 1. The van der Waals surface area contributed by atoms with Gasteiger partial charge in [0.25, 0.3) is 11.1 Å². The lowest BCUT2D eigenvalue weighted by molar-refractivity contribution is -0.115. The van der Waals surface area contributed by atoms with Gasteiger partial charge in [-0.15, -0.1) is 0 Å². The van der Waals surface area contributed by atoms with E-state index in [9.17, 15) is 9.59 Å². The minimum atomic E-state index is -0.351. The molecule has 1 saturated heterocycles. The van der Waals surface area contributed by atoms with E-state index in [0.29, 0.717) is 11.5 Å². The van der Waals surface area contributed by atoms with Gasteiger partial charge >= 0.3 is 0 Å². The molecule has 0 saturated carbocycles. The van der Waals surface area contributed by atoms with E-state index in [-0.39, 0.29) is 11.1 Å². The van der Waals surface area contributed by atoms with E-state index >= 15 is 0 Å². The Morgan fingerprint density at radius 2 is 2.00 bits per heavy atom. The number of rotatable bonds is 7. The van der Waals surface area contributed by atoms with E-state index in [1.807, 2.05) is 49.5 Å². The van der Waals surface area contributed by atoms with E-state index in [1.165, 1.54) is 0 Å². The lowest BCUT2D eigenvalue weighted by Gasteiger charge is -2.16. The lowest BCUT2D eigenvalue weighted by Crippen LogP contribution is -2.24. The van der Waals surface area contributed by atoms with Crippen LogP contribution in [0.4, 0.5) is 4.79 Å². The molecule has 1 aliphatic heterocycles. The van der Waals surface area contributed by atoms with Crippen molar-refractivity contribution in [2.45, 2.75) is 6.54 Å². The summed E-state index contributed by atoms with van der Waals surface area (Å²) in [6.07, 6.45) is 3.48. The highest BCUT2D eigenvalue weighted by atomic mass is 32.2. The summed E-state index contributed by atoms with van der Waals surface area (Å²) in [5, 5.41) is 1.90. The van der Waals surface area contributed by atoms with E-state index in [1.54, 1.807) is 12.3 Å². The Morgan fingerprint density at radius 3 is 2.65 bits per heavy atom. The van der Waals surface area contributed by atoms with E-state index < -0.39 is 0 Å². The van der Waals surface area contributed by atoms with Crippen molar-refractivity contribution in [1.82, 2.24) is 15.2 Å². The standard InChI is InChI=1S/C19H19N3O3S/c1-22(13-15-4-2-3-9-20-15)10-11-25-16-7-5-14(6-8-16)12-17-18(23)21-19(24)26-17/h2-9,12H,10-11,13H2,1H3,(H,21,23,24). The fourth-order valence-corrected chi connectivity index (χ4v) is 3.08. The van der Waals surface area contributed by atoms with Crippen molar-refractivity contribution in [3.63, 3.8) is 0 Å². The SMILES string of the molecule is CN(CCOc1ccc(C=C2SC(=O)NC2=O)cc1)Cc1ccccn1. The molecular formula is C19H19N3O3S. The monoisotopic (exact) mass is 369 g/mol. The molecule has 2 amide bonds. The number of aromatic nitrogens is 1. The minimum absolute atomic E-state index is 0.337. The number of nitrogens with zero attached hydrogens (tertiary/aromatic N) is 2. The normalized spacial score (nSPS) is 15.5. The van der Waals surface area contributed by atoms with Crippen LogP contribution in [0.25, 0.3) is 6.08 Å². The van der Waals surface area contributed by atoms with Crippen molar-refractivity contribution >= 4 is 29.0 Å². The van der Waals surface area contributed by atoms with Crippen LogP contribution in [0.1, 0.15) is 11.3 Å². The van der Waals surface area contributed by atoms with Crippen LogP contribution in [-0.4, -0.2) is 41.2 Å². The van der Waals surface area contributed by atoms with E-state index in [2.05, 4.69) is 15.2 Å². The fourth-order valence-electron chi connectivity index (χ4n) is 2.40. The maximum atomic E-state index is 11.5. The number of thioether (sulfide) groups is 1.